The van der Waals surface area contributed by atoms with Gasteiger partial charge in [0.25, 0.3) is 5.91 Å². The number of anilines is 2. The summed E-state index contributed by atoms with van der Waals surface area (Å²) >= 11 is 0. The van der Waals surface area contributed by atoms with Gasteiger partial charge >= 0.3 is 6.18 Å². The zero-order valence-electron chi connectivity index (χ0n) is 24.2. The number of likely N-dealkylation sites (tertiary alicyclic amines) is 1. The van der Waals surface area contributed by atoms with Gasteiger partial charge in [-0.25, -0.2) is 4.39 Å². The maximum atomic E-state index is 15.0. The number of halogens is 4. The van der Waals surface area contributed by atoms with Crippen molar-refractivity contribution in [2.45, 2.75) is 70.6 Å². The van der Waals surface area contributed by atoms with Crippen LogP contribution in [0, 0.1) is 25.6 Å². The van der Waals surface area contributed by atoms with Crippen molar-refractivity contribution in [3.05, 3.63) is 106 Å². The van der Waals surface area contributed by atoms with Crippen LogP contribution in [0.15, 0.2) is 72.3 Å². The van der Waals surface area contributed by atoms with E-state index in [0.717, 1.165) is 30.2 Å². The molecule has 0 spiro atoms. The van der Waals surface area contributed by atoms with Gasteiger partial charge in [0.05, 0.1) is 17.2 Å². The molecule has 6 rings (SSSR count). The predicted molar refractivity (Wildman–Crippen MR) is 158 cm³/mol. The van der Waals surface area contributed by atoms with Crippen molar-refractivity contribution in [1.29, 1.82) is 0 Å². The predicted octanol–water partition coefficient (Wildman–Crippen LogP) is 8.72. The summed E-state index contributed by atoms with van der Waals surface area (Å²) in [5.74, 6) is -0.208. The quantitative estimate of drug-likeness (QED) is 0.269. The third-order valence-corrected chi connectivity index (χ3v) is 8.84. The molecule has 0 bridgehead atoms. The summed E-state index contributed by atoms with van der Waals surface area (Å²) in [5.41, 5.74) is 2.21. The number of aryl methyl sites for hydroxylation is 2. The first kappa shape index (κ1) is 29.1. The van der Waals surface area contributed by atoms with Crippen molar-refractivity contribution < 1.29 is 27.1 Å². The second-order valence-corrected chi connectivity index (χ2v) is 11.8. The Morgan fingerprint density at radius 1 is 0.907 bits per heavy atom. The highest BCUT2D eigenvalue weighted by atomic mass is 19.4. The third-order valence-electron chi connectivity index (χ3n) is 8.84. The SMILES string of the molecule is Cc1ccc(NC2=C([C@H]3CCCN(C(=O)c4c(C)cccc4F)[C@H]3c3ccc(NC4CCCC4)cc3)O2)cc1C(F)(F)F. The van der Waals surface area contributed by atoms with Gasteiger partial charge in [-0.2, -0.15) is 13.2 Å². The number of rotatable bonds is 7. The lowest BCUT2D eigenvalue weighted by atomic mass is 9.83. The summed E-state index contributed by atoms with van der Waals surface area (Å²) in [4.78, 5) is 15.7. The molecule has 226 valence electrons. The van der Waals surface area contributed by atoms with E-state index in [9.17, 15) is 22.4 Å². The fourth-order valence-electron chi connectivity index (χ4n) is 6.59. The van der Waals surface area contributed by atoms with Crippen molar-refractivity contribution in [2.24, 2.45) is 5.92 Å². The Labute approximate surface area is 248 Å². The molecule has 1 amide bonds. The van der Waals surface area contributed by atoms with Crippen LogP contribution < -0.4 is 10.6 Å². The molecule has 3 aliphatic rings. The molecule has 2 aliphatic heterocycles. The van der Waals surface area contributed by atoms with E-state index in [-0.39, 0.29) is 28.6 Å². The number of nitrogens with one attached hydrogen (secondary N) is 2. The van der Waals surface area contributed by atoms with Gasteiger partial charge in [0.15, 0.2) is 5.76 Å². The maximum Gasteiger partial charge on any atom is 0.416 e. The summed E-state index contributed by atoms with van der Waals surface area (Å²) in [6.07, 6.45) is 1.63. The topological polar surface area (TPSA) is 56.9 Å². The first-order chi connectivity index (χ1) is 20.6. The van der Waals surface area contributed by atoms with Crippen LogP contribution >= 0.6 is 0 Å². The van der Waals surface area contributed by atoms with E-state index in [1.165, 1.54) is 31.9 Å². The number of benzene rings is 3. The Kier molecular flexibility index (Phi) is 7.83. The molecule has 2 fully saturated rings. The van der Waals surface area contributed by atoms with E-state index in [1.807, 2.05) is 24.3 Å². The molecule has 0 aromatic heterocycles. The summed E-state index contributed by atoms with van der Waals surface area (Å²) in [6.45, 7) is 3.59. The van der Waals surface area contributed by atoms with E-state index < -0.39 is 23.6 Å². The highest BCUT2D eigenvalue weighted by molar-refractivity contribution is 5.96. The molecule has 3 aromatic carbocycles. The minimum atomic E-state index is -4.47. The molecule has 2 atom stereocenters. The normalized spacial score (nSPS) is 20.7. The summed E-state index contributed by atoms with van der Waals surface area (Å²) in [7, 11) is 0. The van der Waals surface area contributed by atoms with Crippen LogP contribution in [0.2, 0.25) is 0 Å². The fraction of sp³-hybridized carbons (Fsp3) is 0.382. The second kappa shape index (κ2) is 11.6. The van der Waals surface area contributed by atoms with Crippen molar-refractivity contribution >= 4 is 17.3 Å². The van der Waals surface area contributed by atoms with Crippen molar-refractivity contribution in [3.8, 4) is 0 Å². The Hall–Kier alpha value is -4.01. The molecule has 3 aromatic rings. The molecule has 2 heterocycles. The number of hydrogen-bond acceptors (Lipinski definition) is 4. The van der Waals surface area contributed by atoms with Crippen molar-refractivity contribution in [3.63, 3.8) is 0 Å². The number of piperidine rings is 1. The monoisotopic (exact) mass is 593 g/mol. The Morgan fingerprint density at radius 3 is 2.33 bits per heavy atom. The molecule has 0 radical (unpaired) electrons. The molecule has 43 heavy (non-hydrogen) atoms. The van der Waals surface area contributed by atoms with Gasteiger partial charge in [0.1, 0.15) is 5.82 Å². The highest BCUT2D eigenvalue weighted by Crippen LogP contribution is 2.48. The summed E-state index contributed by atoms with van der Waals surface area (Å²) < 4.78 is 61.4. The Balaban J connectivity index is 1.32. The van der Waals surface area contributed by atoms with Crippen molar-refractivity contribution in [2.75, 3.05) is 17.2 Å². The van der Waals surface area contributed by atoms with Crippen LogP contribution in [-0.2, 0) is 10.9 Å². The van der Waals surface area contributed by atoms with Crippen molar-refractivity contribution in [1.82, 2.24) is 4.90 Å². The first-order valence-electron chi connectivity index (χ1n) is 14.9. The molecule has 1 saturated heterocycles. The fourth-order valence-corrected chi connectivity index (χ4v) is 6.59. The van der Waals surface area contributed by atoms with Gasteiger partial charge in [-0.05, 0) is 86.6 Å². The van der Waals surface area contributed by atoms with E-state index in [0.29, 0.717) is 42.6 Å². The van der Waals surface area contributed by atoms with Gasteiger partial charge in [0, 0.05) is 29.9 Å². The van der Waals surface area contributed by atoms with Crippen LogP contribution in [0.25, 0.3) is 0 Å². The largest absolute Gasteiger partial charge is 0.436 e. The lowest BCUT2D eigenvalue weighted by Crippen LogP contribution is -2.43. The molecule has 1 aliphatic carbocycles. The highest BCUT2D eigenvalue weighted by Gasteiger charge is 2.45. The van der Waals surface area contributed by atoms with Gasteiger partial charge in [-0.3, -0.25) is 4.79 Å². The summed E-state index contributed by atoms with van der Waals surface area (Å²) in [5, 5.41) is 6.59. The molecule has 9 heteroatoms. The minimum absolute atomic E-state index is 0.0519. The number of ether oxygens (including phenoxy) is 1. The second-order valence-electron chi connectivity index (χ2n) is 11.8. The van der Waals surface area contributed by atoms with Crippen LogP contribution in [0.3, 0.4) is 0 Å². The van der Waals surface area contributed by atoms with Crippen LogP contribution in [0.1, 0.15) is 77.2 Å². The first-order valence-corrected chi connectivity index (χ1v) is 14.9. The molecule has 0 unspecified atom stereocenters. The smallest absolute Gasteiger partial charge is 0.416 e. The van der Waals surface area contributed by atoms with Crippen LogP contribution in [-0.4, -0.2) is 23.4 Å². The van der Waals surface area contributed by atoms with E-state index in [2.05, 4.69) is 10.6 Å². The molecule has 2 N–H and O–H groups in total. The number of carbonyl (C=O) groups is 1. The number of carbonyl (C=O) groups excluding carboxylic acids is 1. The molecular formula is C34H35F4N3O2. The van der Waals surface area contributed by atoms with Gasteiger partial charge in [0.2, 0.25) is 5.88 Å². The van der Waals surface area contributed by atoms with E-state index in [1.54, 1.807) is 30.0 Å². The molecule has 1 saturated carbocycles. The van der Waals surface area contributed by atoms with Crippen LogP contribution in [0.5, 0.6) is 0 Å². The lowest BCUT2D eigenvalue weighted by molar-refractivity contribution is -0.138. The van der Waals surface area contributed by atoms with E-state index >= 15 is 0 Å². The zero-order valence-corrected chi connectivity index (χ0v) is 24.2. The van der Waals surface area contributed by atoms with E-state index in [4.69, 9.17) is 4.74 Å². The zero-order chi connectivity index (χ0) is 30.3. The minimum Gasteiger partial charge on any atom is -0.436 e. The molecule has 5 nitrogen and oxygen atoms in total. The number of hydrogen-bond donors (Lipinski definition) is 2. The number of amides is 1. The average molecular weight is 594 g/mol. The Morgan fingerprint density at radius 2 is 1.63 bits per heavy atom. The summed E-state index contributed by atoms with van der Waals surface area (Å²) in [6, 6.07) is 16.7. The number of alkyl halides is 3. The standard InChI is InChI=1S/C34H35F4N3O2/c1-20-12-15-25(19-27(20)34(36,37)38)40-32-31(43-32)26-10-6-18-41(33(42)29-21(2)7-5-11-28(29)35)30(26)22-13-16-24(17-14-22)39-23-8-3-4-9-23/h5,7,11-17,19,23,26,30,39-40H,3-4,6,8-10,18H2,1-2H3/t26-,30-/m0/s1. The van der Waals surface area contributed by atoms with Crippen LogP contribution in [0.4, 0.5) is 28.9 Å². The third kappa shape index (κ3) is 6.08. The lowest BCUT2D eigenvalue weighted by Gasteiger charge is -2.40. The van der Waals surface area contributed by atoms with Gasteiger partial charge < -0.3 is 20.3 Å². The Bertz CT molecular complexity index is 1520. The van der Waals surface area contributed by atoms with Gasteiger partial charge in [-0.15, -0.1) is 0 Å². The maximum absolute atomic E-state index is 15.0. The number of nitrogens with zero attached hydrogens (tertiary/aromatic N) is 1. The molecular weight excluding hydrogens is 558 g/mol. The van der Waals surface area contributed by atoms with Gasteiger partial charge in [-0.1, -0.05) is 43.2 Å². The average Bonchev–Trinajstić information content (AvgIpc) is 3.54.